The maximum absolute atomic E-state index is 12.6. The zero-order valence-electron chi connectivity index (χ0n) is 17.0. The third kappa shape index (κ3) is 5.39. The van der Waals surface area contributed by atoms with Gasteiger partial charge in [0.1, 0.15) is 12.4 Å². The fourth-order valence-electron chi connectivity index (χ4n) is 3.45. The number of carbonyl (C=O) groups is 1. The van der Waals surface area contributed by atoms with Crippen molar-refractivity contribution in [3.63, 3.8) is 0 Å². The average molecular weight is 448 g/mol. The van der Waals surface area contributed by atoms with Gasteiger partial charge in [0.05, 0.1) is 12.3 Å². The SMILES string of the molecule is O=C(NCCOc1ccc2c(c1)OCO2)N1CCN(S(=O)(=O)Cc2ccccc2)CC1. The smallest absolute Gasteiger partial charge is 0.317 e. The van der Waals surface area contributed by atoms with Gasteiger partial charge in [0.15, 0.2) is 11.5 Å². The summed E-state index contributed by atoms with van der Waals surface area (Å²) < 4.78 is 42.9. The Morgan fingerprint density at radius 3 is 2.52 bits per heavy atom. The number of rotatable bonds is 7. The summed E-state index contributed by atoms with van der Waals surface area (Å²) >= 11 is 0. The van der Waals surface area contributed by atoms with Gasteiger partial charge in [0.25, 0.3) is 0 Å². The van der Waals surface area contributed by atoms with Crippen molar-refractivity contribution in [2.45, 2.75) is 5.75 Å². The minimum absolute atomic E-state index is 0.0305. The Morgan fingerprint density at radius 1 is 1.00 bits per heavy atom. The monoisotopic (exact) mass is 447 g/mol. The molecule has 1 saturated heterocycles. The maximum Gasteiger partial charge on any atom is 0.317 e. The molecule has 4 rings (SSSR count). The number of fused-ring (bicyclic) bond motifs is 1. The molecule has 2 amide bonds. The van der Waals surface area contributed by atoms with E-state index in [1.165, 1.54) is 4.31 Å². The summed E-state index contributed by atoms with van der Waals surface area (Å²) in [5.41, 5.74) is 0.755. The molecule has 10 heteroatoms. The number of urea groups is 1. The van der Waals surface area contributed by atoms with Gasteiger partial charge in [-0.2, -0.15) is 4.31 Å². The third-order valence-electron chi connectivity index (χ3n) is 5.10. The third-order valence-corrected chi connectivity index (χ3v) is 6.95. The highest BCUT2D eigenvalue weighted by Crippen LogP contribution is 2.34. The molecule has 2 aliphatic heterocycles. The fraction of sp³-hybridized carbons (Fsp3) is 0.381. The largest absolute Gasteiger partial charge is 0.492 e. The lowest BCUT2D eigenvalue weighted by molar-refractivity contribution is 0.170. The van der Waals surface area contributed by atoms with Crippen LogP contribution in [0.2, 0.25) is 0 Å². The minimum Gasteiger partial charge on any atom is -0.492 e. The summed E-state index contributed by atoms with van der Waals surface area (Å²) in [7, 11) is -3.41. The number of hydrogen-bond acceptors (Lipinski definition) is 6. The van der Waals surface area contributed by atoms with Crippen LogP contribution in [0.4, 0.5) is 4.79 Å². The first-order valence-electron chi connectivity index (χ1n) is 10.1. The van der Waals surface area contributed by atoms with Crippen molar-refractivity contribution >= 4 is 16.1 Å². The van der Waals surface area contributed by atoms with Gasteiger partial charge < -0.3 is 24.4 Å². The summed E-state index contributed by atoms with van der Waals surface area (Å²) in [6.07, 6.45) is 0. The number of ether oxygens (including phenoxy) is 3. The molecule has 2 aromatic carbocycles. The fourth-order valence-corrected chi connectivity index (χ4v) is 4.97. The average Bonchev–Trinajstić information content (AvgIpc) is 3.25. The highest BCUT2D eigenvalue weighted by molar-refractivity contribution is 7.88. The first-order chi connectivity index (χ1) is 15.0. The highest BCUT2D eigenvalue weighted by Gasteiger charge is 2.28. The molecule has 0 radical (unpaired) electrons. The van der Waals surface area contributed by atoms with Crippen molar-refractivity contribution in [3.8, 4) is 17.2 Å². The van der Waals surface area contributed by atoms with Crippen molar-refractivity contribution in [3.05, 3.63) is 54.1 Å². The number of amides is 2. The Bertz CT molecular complexity index is 1010. The number of nitrogens with one attached hydrogen (secondary N) is 1. The topological polar surface area (TPSA) is 97.4 Å². The van der Waals surface area contributed by atoms with E-state index in [0.717, 1.165) is 5.56 Å². The zero-order chi connectivity index (χ0) is 21.7. The van der Waals surface area contributed by atoms with Gasteiger partial charge in [0, 0.05) is 32.2 Å². The van der Waals surface area contributed by atoms with Gasteiger partial charge in [-0.1, -0.05) is 30.3 Å². The van der Waals surface area contributed by atoms with Crippen LogP contribution < -0.4 is 19.5 Å². The Morgan fingerprint density at radius 2 is 1.74 bits per heavy atom. The van der Waals surface area contributed by atoms with Gasteiger partial charge >= 0.3 is 6.03 Å². The van der Waals surface area contributed by atoms with Crippen LogP contribution in [-0.2, 0) is 15.8 Å². The second-order valence-electron chi connectivity index (χ2n) is 7.22. The van der Waals surface area contributed by atoms with Crippen LogP contribution in [0.15, 0.2) is 48.5 Å². The van der Waals surface area contributed by atoms with Crippen LogP contribution in [0, 0.1) is 0 Å². The summed E-state index contributed by atoms with van der Waals surface area (Å²) in [5.74, 6) is 1.93. The van der Waals surface area contributed by atoms with Crippen molar-refractivity contribution in [1.29, 1.82) is 0 Å². The normalized spacial score (nSPS) is 16.2. The molecule has 2 aliphatic rings. The standard InChI is InChI=1S/C21H25N3O6S/c25-21(22-8-13-28-18-6-7-19-20(14-18)30-16-29-19)23-9-11-24(12-10-23)31(26,27)15-17-4-2-1-3-5-17/h1-7,14H,8-13,15-16H2,(H,22,25). The molecule has 0 atom stereocenters. The zero-order valence-corrected chi connectivity index (χ0v) is 17.8. The molecular weight excluding hydrogens is 422 g/mol. The highest BCUT2D eigenvalue weighted by atomic mass is 32.2. The van der Waals surface area contributed by atoms with Crippen LogP contribution >= 0.6 is 0 Å². The molecule has 2 heterocycles. The number of hydrogen-bond donors (Lipinski definition) is 1. The minimum atomic E-state index is -3.41. The van der Waals surface area contributed by atoms with Gasteiger partial charge in [-0.05, 0) is 17.7 Å². The van der Waals surface area contributed by atoms with Crippen molar-refractivity contribution < 1.29 is 27.4 Å². The van der Waals surface area contributed by atoms with Crippen molar-refractivity contribution in [1.82, 2.24) is 14.5 Å². The molecule has 0 aliphatic carbocycles. The molecule has 31 heavy (non-hydrogen) atoms. The Balaban J connectivity index is 1.18. The lowest BCUT2D eigenvalue weighted by atomic mass is 10.2. The summed E-state index contributed by atoms with van der Waals surface area (Å²) in [6, 6.07) is 14.2. The van der Waals surface area contributed by atoms with Crippen molar-refractivity contribution in [2.24, 2.45) is 0 Å². The summed E-state index contributed by atoms with van der Waals surface area (Å²) in [5, 5.41) is 2.81. The van der Waals surface area contributed by atoms with E-state index >= 15 is 0 Å². The second kappa shape index (κ2) is 9.44. The van der Waals surface area contributed by atoms with Gasteiger partial charge in [-0.15, -0.1) is 0 Å². The molecule has 2 aromatic rings. The first-order valence-corrected chi connectivity index (χ1v) is 11.7. The Kier molecular flexibility index (Phi) is 6.47. The van der Waals surface area contributed by atoms with Crippen LogP contribution in [-0.4, -0.2) is 69.8 Å². The number of carbonyl (C=O) groups excluding carboxylic acids is 1. The number of piperazine rings is 1. The number of nitrogens with zero attached hydrogens (tertiary/aromatic N) is 2. The first kappa shape index (κ1) is 21.3. The molecule has 1 N–H and O–H groups in total. The molecule has 166 valence electrons. The molecule has 0 saturated carbocycles. The molecule has 0 bridgehead atoms. The van der Waals surface area contributed by atoms with Gasteiger partial charge in [0.2, 0.25) is 16.8 Å². The second-order valence-corrected chi connectivity index (χ2v) is 9.19. The lowest BCUT2D eigenvalue weighted by Gasteiger charge is -2.34. The lowest BCUT2D eigenvalue weighted by Crippen LogP contribution is -2.53. The van der Waals surface area contributed by atoms with Crippen LogP contribution in [0.5, 0.6) is 17.2 Å². The van der Waals surface area contributed by atoms with Crippen LogP contribution in [0.3, 0.4) is 0 Å². The van der Waals surface area contributed by atoms with Crippen LogP contribution in [0.1, 0.15) is 5.56 Å². The van der Waals surface area contributed by atoms with E-state index in [1.54, 1.807) is 35.2 Å². The predicted molar refractivity (Wildman–Crippen MR) is 114 cm³/mol. The maximum atomic E-state index is 12.6. The summed E-state index contributed by atoms with van der Waals surface area (Å²) in [4.78, 5) is 14.0. The van der Waals surface area contributed by atoms with E-state index in [-0.39, 0.29) is 31.7 Å². The van der Waals surface area contributed by atoms with Crippen molar-refractivity contribution in [2.75, 3.05) is 46.1 Å². The van der Waals surface area contributed by atoms with Crippen LogP contribution in [0.25, 0.3) is 0 Å². The van der Waals surface area contributed by atoms with Gasteiger partial charge in [-0.25, -0.2) is 13.2 Å². The summed E-state index contributed by atoms with van der Waals surface area (Å²) in [6.45, 7) is 2.12. The van der Waals surface area contributed by atoms with E-state index < -0.39 is 10.0 Å². The number of sulfonamides is 1. The van der Waals surface area contributed by atoms with E-state index in [9.17, 15) is 13.2 Å². The molecule has 0 unspecified atom stereocenters. The Labute approximate surface area is 181 Å². The van der Waals surface area contributed by atoms with E-state index in [1.807, 2.05) is 18.2 Å². The van der Waals surface area contributed by atoms with E-state index in [2.05, 4.69) is 5.32 Å². The number of benzene rings is 2. The molecule has 1 fully saturated rings. The quantitative estimate of drug-likeness (QED) is 0.649. The molecule has 0 spiro atoms. The van der Waals surface area contributed by atoms with E-state index in [4.69, 9.17) is 14.2 Å². The molecular formula is C21H25N3O6S. The predicted octanol–water partition coefficient (Wildman–Crippen LogP) is 1.65. The Hall–Kier alpha value is -2.98. The molecule has 9 nitrogen and oxygen atoms in total. The molecule has 0 aromatic heterocycles. The van der Waals surface area contributed by atoms with Gasteiger partial charge in [-0.3, -0.25) is 0 Å². The van der Waals surface area contributed by atoms with E-state index in [0.29, 0.717) is 43.5 Å².